The Kier molecular flexibility index (Phi) is 4.66. The van der Waals surface area contributed by atoms with Gasteiger partial charge in [0.05, 0.1) is 23.6 Å². The molecule has 1 N–H and O–H groups in total. The third-order valence-electron chi connectivity index (χ3n) is 4.22. The highest BCUT2D eigenvalue weighted by Crippen LogP contribution is 2.24. The van der Waals surface area contributed by atoms with Crippen molar-refractivity contribution in [3.63, 3.8) is 0 Å². The van der Waals surface area contributed by atoms with Crippen LogP contribution in [0.4, 0.5) is 5.69 Å². The molecule has 1 aliphatic heterocycles. The molecule has 1 atom stereocenters. The first-order chi connectivity index (χ1) is 11.6. The van der Waals surface area contributed by atoms with E-state index in [1.54, 1.807) is 48.3 Å². The number of furan rings is 1. The molecule has 126 valence electrons. The number of carbonyl (C=O) groups excluding carboxylic acids is 2. The van der Waals surface area contributed by atoms with Crippen molar-refractivity contribution in [3.8, 4) is 0 Å². The van der Waals surface area contributed by atoms with Crippen molar-refractivity contribution in [3.05, 3.63) is 54.0 Å². The molecule has 2 amide bonds. The van der Waals surface area contributed by atoms with Gasteiger partial charge in [-0.25, -0.2) is 0 Å². The van der Waals surface area contributed by atoms with Gasteiger partial charge in [0, 0.05) is 20.1 Å². The first kappa shape index (κ1) is 16.3. The summed E-state index contributed by atoms with van der Waals surface area (Å²) in [4.78, 5) is 28.4. The van der Waals surface area contributed by atoms with Crippen LogP contribution in [0.2, 0.25) is 0 Å². The number of hydrogen-bond donors (Lipinski definition) is 1. The van der Waals surface area contributed by atoms with Crippen LogP contribution in [0.5, 0.6) is 0 Å². The molecule has 2 aromatic rings. The van der Waals surface area contributed by atoms with Gasteiger partial charge in [-0.15, -0.1) is 0 Å². The minimum absolute atomic E-state index is 0.177. The third-order valence-corrected chi connectivity index (χ3v) is 4.22. The summed E-state index contributed by atoms with van der Waals surface area (Å²) in [6.45, 7) is 0.934. The molecule has 1 saturated heterocycles. The van der Waals surface area contributed by atoms with Crippen molar-refractivity contribution >= 4 is 17.5 Å². The Bertz CT molecular complexity index is 726. The fourth-order valence-electron chi connectivity index (χ4n) is 2.93. The minimum atomic E-state index is -0.489. The predicted molar refractivity (Wildman–Crippen MR) is 89.0 cm³/mol. The van der Waals surface area contributed by atoms with Gasteiger partial charge in [-0.1, -0.05) is 12.1 Å². The summed E-state index contributed by atoms with van der Waals surface area (Å²) >= 11 is 0. The van der Waals surface area contributed by atoms with Crippen molar-refractivity contribution in [1.29, 1.82) is 0 Å². The second kappa shape index (κ2) is 6.88. The topological polar surface area (TPSA) is 74.0 Å². The summed E-state index contributed by atoms with van der Waals surface area (Å²) in [6.07, 6.45) is 2.43. The van der Waals surface area contributed by atoms with Crippen LogP contribution in [0, 0.1) is 0 Å². The first-order valence-corrected chi connectivity index (χ1v) is 7.96. The number of hydrogen-bond acceptors (Lipinski definition) is 4. The maximum atomic E-state index is 12.8. The molecule has 1 aromatic heterocycles. The molecule has 1 fully saturated rings. The molecular weight excluding hydrogens is 308 g/mol. The highest BCUT2D eigenvalue weighted by molar-refractivity contribution is 6.09. The van der Waals surface area contributed by atoms with Gasteiger partial charge in [0.2, 0.25) is 0 Å². The Morgan fingerprint density at radius 3 is 2.75 bits per heavy atom. The number of benzene rings is 1. The number of nitrogens with zero attached hydrogens (tertiary/aromatic N) is 2. The van der Waals surface area contributed by atoms with Crippen molar-refractivity contribution < 1.29 is 19.1 Å². The number of amides is 2. The molecule has 24 heavy (non-hydrogen) atoms. The van der Waals surface area contributed by atoms with Crippen molar-refractivity contribution in [2.24, 2.45) is 0 Å². The lowest BCUT2D eigenvalue weighted by atomic mass is 10.1. The number of likely N-dealkylation sites (tertiary alicyclic amines) is 1. The van der Waals surface area contributed by atoms with E-state index in [-0.39, 0.29) is 17.6 Å². The lowest BCUT2D eigenvalue weighted by Crippen LogP contribution is -2.42. The van der Waals surface area contributed by atoms with Crippen LogP contribution in [0.15, 0.2) is 47.1 Å². The van der Waals surface area contributed by atoms with Crippen LogP contribution in [0.3, 0.4) is 0 Å². The summed E-state index contributed by atoms with van der Waals surface area (Å²) in [6, 6.07) is 10.2. The lowest BCUT2D eigenvalue weighted by molar-refractivity contribution is 0.0474. The zero-order valence-corrected chi connectivity index (χ0v) is 13.5. The van der Waals surface area contributed by atoms with E-state index in [4.69, 9.17) is 4.42 Å². The van der Waals surface area contributed by atoms with Crippen LogP contribution < -0.4 is 4.90 Å². The van der Waals surface area contributed by atoms with Crippen LogP contribution in [0.1, 0.15) is 33.8 Å². The molecule has 1 aromatic carbocycles. The molecule has 0 saturated carbocycles. The molecule has 0 bridgehead atoms. The van der Waals surface area contributed by atoms with Gasteiger partial charge in [-0.2, -0.15) is 0 Å². The van der Waals surface area contributed by atoms with Crippen LogP contribution >= 0.6 is 0 Å². The molecule has 6 nitrogen and oxygen atoms in total. The van der Waals surface area contributed by atoms with E-state index in [9.17, 15) is 14.7 Å². The van der Waals surface area contributed by atoms with Crippen molar-refractivity contribution in [2.45, 2.75) is 18.9 Å². The largest absolute Gasteiger partial charge is 0.459 e. The van der Waals surface area contributed by atoms with E-state index in [2.05, 4.69) is 0 Å². The summed E-state index contributed by atoms with van der Waals surface area (Å²) < 4.78 is 5.15. The number of β-amino-alcohol motifs (C(OH)–C–C–N with tert-alkyl or cyclic N) is 1. The Labute approximate surface area is 140 Å². The minimum Gasteiger partial charge on any atom is -0.459 e. The van der Waals surface area contributed by atoms with Gasteiger partial charge in [0.1, 0.15) is 0 Å². The van der Waals surface area contributed by atoms with Gasteiger partial charge in [0.15, 0.2) is 5.76 Å². The number of aliphatic hydroxyl groups excluding tert-OH is 1. The molecule has 0 aliphatic carbocycles. The summed E-state index contributed by atoms with van der Waals surface area (Å²) in [5.74, 6) is -0.282. The molecular formula is C18H20N2O4. The summed E-state index contributed by atoms with van der Waals surface area (Å²) in [5.41, 5.74) is 0.956. The van der Waals surface area contributed by atoms with E-state index in [0.717, 1.165) is 6.42 Å². The van der Waals surface area contributed by atoms with Gasteiger partial charge >= 0.3 is 0 Å². The summed E-state index contributed by atoms with van der Waals surface area (Å²) in [7, 11) is 1.61. The van der Waals surface area contributed by atoms with Crippen molar-refractivity contribution in [1.82, 2.24) is 4.90 Å². The zero-order valence-electron chi connectivity index (χ0n) is 13.5. The molecule has 1 aliphatic rings. The normalized spacial score (nSPS) is 17.6. The number of piperidine rings is 1. The molecule has 2 heterocycles. The van der Waals surface area contributed by atoms with E-state index >= 15 is 0 Å². The molecule has 1 unspecified atom stereocenters. The molecule has 6 heteroatoms. The van der Waals surface area contributed by atoms with E-state index < -0.39 is 6.10 Å². The Morgan fingerprint density at radius 2 is 2.04 bits per heavy atom. The van der Waals surface area contributed by atoms with Gasteiger partial charge < -0.3 is 19.3 Å². The standard InChI is InChI=1S/C18H20N2O4/c1-19(18(23)16-9-5-11-24-16)15-8-3-2-7-14(15)17(22)20-10-4-6-13(21)12-20/h2-3,5,7-9,11,13,21H,4,6,10,12H2,1H3. The Hall–Kier alpha value is -2.60. The first-order valence-electron chi connectivity index (χ1n) is 7.96. The van der Waals surface area contributed by atoms with Crippen LogP contribution in [-0.4, -0.2) is 48.1 Å². The van der Waals surface area contributed by atoms with E-state index in [1.807, 2.05) is 0 Å². The fourth-order valence-corrected chi connectivity index (χ4v) is 2.93. The second-order valence-corrected chi connectivity index (χ2v) is 5.91. The average Bonchev–Trinajstić information content (AvgIpc) is 3.14. The van der Waals surface area contributed by atoms with Crippen molar-refractivity contribution in [2.75, 3.05) is 25.0 Å². The second-order valence-electron chi connectivity index (χ2n) is 5.91. The number of rotatable bonds is 3. The number of anilines is 1. The maximum absolute atomic E-state index is 12.8. The third kappa shape index (κ3) is 3.19. The van der Waals surface area contributed by atoms with Crippen LogP contribution in [0.25, 0.3) is 0 Å². The fraction of sp³-hybridized carbons (Fsp3) is 0.333. The van der Waals surface area contributed by atoms with Gasteiger partial charge in [-0.05, 0) is 37.1 Å². The van der Waals surface area contributed by atoms with Gasteiger partial charge in [-0.3, -0.25) is 9.59 Å². The Balaban J connectivity index is 1.87. The average molecular weight is 328 g/mol. The number of carbonyl (C=O) groups is 2. The SMILES string of the molecule is CN(C(=O)c1ccco1)c1ccccc1C(=O)N1CCCC(O)C1. The Morgan fingerprint density at radius 1 is 1.25 bits per heavy atom. The molecule has 0 spiro atoms. The zero-order chi connectivity index (χ0) is 17.1. The van der Waals surface area contributed by atoms with E-state index in [0.29, 0.717) is 30.8 Å². The number of para-hydroxylation sites is 1. The highest BCUT2D eigenvalue weighted by Gasteiger charge is 2.27. The molecule has 0 radical (unpaired) electrons. The number of aliphatic hydroxyl groups is 1. The van der Waals surface area contributed by atoms with Gasteiger partial charge in [0.25, 0.3) is 11.8 Å². The van der Waals surface area contributed by atoms with Crippen LogP contribution in [-0.2, 0) is 0 Å². The van der Waals surface area contributed by atoms with E-state index in [1.165, 1.54) is 11.2 Å². The smallest absolute Gasteiger partial charge is 0.293 e. The lowest BCUT2D eigenvalue weighted by Gasteiger charge is -2.31. The monoisotopic (exact) mass is 328 g/mol. The highest BCUT2D eigenvalue weighted by atomic mass is 16.3. The maximum Gasteiger partial charge on any atom is 0.293 e. The quantitative estimate of drug-likeness (QED) is 0.937. The summed E-state index contributed by atoms with van der Waals surface area (Å²) in [5, 5.41) is 9.80. The molecule has 3 rings (SSSR count). The predicted octanol–water partition coefficient (Wildman–Crippen LogP) is 2.15.